The van der Waals surface area contributed by atoms with Crippen LogP contribution < -0.4 is 33.9 Å². The molecule has 586 valence electrons. The molecule has 1 saturated heterocycles. The summed E-state index contributed by atoms with van der Waals surface area (Å²) in [5.41, 5.74) is 19.5. The third-order valence-electron chi connectivity index (χ3n) is 23.0. The second-order valence-electron chi connectivity index (χ2n) is 31.0. The van der Waals surface area contributed by atoms with E-state index in [4.69, 9.17) is 57.6 Å². The third-order valence-corrected chi connectivity index (χ3v) is 24.2. The summed E-state index contributed by atoms with van der Waals surface area (Å²) in [7, 11) is 2.22. The highest BCUT2D eigenvalue weighted by molar-refractivity contribution is 9.10. The number of halogens is 4. The monoisotopic (exact) mass is 1610 g/mol. The van der Waals surface area contributed by atoms with Gasteiger partial charge in [0.2, 0.25) is 0 Å². The fourth-order valence-corrected chi connectivity index (χ4v) is 17.0. The Morgan fingerprint density at radius 3 is 1.14 bits per heavy atom. The Hall–Kier alpha value is -11.1. The van der Waals surface area contributed by atoms with E-state index in [2.05, 4.69) is 34.1 Å². The molecule has 17 nitrogen and oxygen atoms in total. The number of ether oxygens (including phenoxy) is 8. The first-order chi connectivity index (χ1) is 54.5. The Labute approximate surface area is 671 Å². The zero-order valence-corrected chi connectivity index (χ0v) is 67.3. The number of nitrogens with zero attached hydrogens (tertiary/aromatic N) is 3. The number of esters is 2. The Bertz CT molecular complexity index is 5370. The lowest BCUT2D eigenvalue weighted by molar-refractivity contribution is -0.142. The first kappa shape index (κ1) is 80.9. The molecule has 16 rings (SSSR count). The maximum absolute atomic E-state index is 15.1. The fourth-order valence-electron chi connectivity index (χ4n) is 16.7. The van der Waals surface area contributed by atoms with Crippen molar-refractivity contribution in [3.8, 4) is 75.0 Å². The lowest BCUT2D eigenvalue weighted by Gasteiger charge is -2.32. The Kier molecular flexibility index (Phi) is 23.8. The van der Waals surface area contributed by atoms with Gasteiger partial charge in [-0.05, 0) is 258 Å². The van der Waals surface area contributed by atoms with E-state index in [0.717, 1.165) is 105 Å². The summed E-state index contributed by atoms with van der Waals surface area (Å²) in [6, 6.07) is 44.2. The number of hydrogen-bond donors (Lipinski definition) is 1. The Morgan fingerprint density at radius 2 is 0.798 bits per heavy atom. The first-order valence-corrected chi connectivity index (χ1v) is 38.9. The second kappa shape index (κ2) is 33.5. The van der Waals surface area contributed by atoms with E-state index in [1.165, 1.54) is 32.4 Å². The number of aryl methyl sites for hydroxylation is 6. The number of carbonyl (C=O) groups is 3. The number of aliphatic carboxylic acids is 1. The number of methoxy groups -OCH3 is 2. The molecule has 0 aromatic heterocycles. The molecule has 0 bridgehead atoms. The van der Waals surface area contributed by atoms with E-state index in [-0.39, 0.29) is 66.4 Å². The maximum Gasteiger partial charge on any atom is 0.495 e. The predicted molar refractivity (Wildman–Crippen MR) is 427 cm³/mol. The van der Waals surface area contributed by atoms with Crippen molar-refractivity contribution in [1.82, 2.24) is 0 Å². The molecule has 3 aliphatic carbocycles. The van der Waals surface area contributed by atoms with Gasteiger partial charge in [0.05, 0.1) is 99.4 Å². The summed E-state index contributed by atoms with van der Waals surface area (Å²) in [4.78, 5) is 34.4. The van der Waals surface area contributed by atoms with Gasteiger partial charge >= 0.3 is 25.0 Å². The van der Waals surface area contributed by atoms with Crippen LogP contribution in [0.5, 0.6) is 34.5 Å². The van der Waals surface area contributed by atoms with Gasteiger partial charge in [0, 0.05) is 73.8 Å². The quantitative estimate of drug-likeness (QED) is 0.0742. The van der Waals surface area contributed by atoms with Crippen molar-refractivity contribution in [2.75, 3.05) is 34.0 Å². The highest BCUT2D eigenvalue weighted by atomic mass is 79.9. The molecular formula is C92H88BBrF3N3O14. The topological polar surface area (TPSA) is 235 Å². The summed E-state index contributed by atoms with van der Waals surface area (Å²) in [6.07, 6.45) is 3.35. The zero-order valence-electron chi connectivity index (χ0n) is 65.8. The molecule has 7 aliphatic rings. The average molecular weight is 1610 g/mol. The molecule has 4 heterocycles. The van der Waals surface area contributed by atoms with E-state index in [1.54, 1.807) is 18.2 Å². The minimum atomic E-state index is -0.858. The normalized spacial score (nSPS) is 18.9. The number of carbonyl (C=O) groups excluding carboxylic acids is 2. The van der Waals surface area contributed by atoms with Crippen LogP contribution in [0.2, 0.25) is 0 Å². The molecule has 1 N–H and O–H groups in total. The van der Waals surface area contributed by atoms with E-state index in [9.17, 15) is 24.9 Å². The standard InChI is InChI=1S/C29H26FNO4.C28H24FNO4.C26H30BFO6.C9H8BrN/c1-16-10-18(14-31)11-17(2)28(16)22-6-8-24(30)29-23(22)7-9-25(29)35-20-4-5-21-19(12-27(32)33-3)15-34-26(21)13-20;1-15-9-17(13-30)10-16(2)27(15)21-5-7-23(29)28-22(21)6-8-24(28)34-19-3-4-20-18(11-26(31)32)14-33-25(20)12-19;1-25(2)26(3,4)34-27(33-25)19-9-10-20(28)24-18(19)8-11-21(24)32-16-6-7-17-15(12-23(29)30-5)14-31-22(17)13-16;1-6-3-8(5-11)4-7(2)9(6)10/h4-6,8,10-11,13,19,25H,7,9,12,15H2,1-3H3;3-5,7,9-10,12,18,24H,6,8,11,14H2,1-2H3,(H,31,32);6-7,9-10,13,15,21H,8,11-12,14H2,1-5H3;3-4H,1-2H3/t19-,25-;18-,24-;15-,21-;/m111./s1. The molecule has 9 aromatic carbocycles. The number of hydrogen-bond acceptors (Lipinski definition) is 16. The van der Waals surface area contributed by atoms with Gasteiger partial charge < -0.3 is 52.3 Å². The molecule has 9 aromatic rings. The van der Waals surface area contributed by atoms with Gasteiger partial charge in [0.1, 0.15) is 70.3 Å². The van der Waals surface area contributed by atoms with Gasteiger partial charge in [0.25, 0.3) is 0 Å². The van der Waals surface area contributed by atoms with Gasteiger partial charge in [-0.25, -0.2) is 13.2 Å². The minimum Gasteiger partial charge on any atom is -0.492 e. The van der Waals surface area contributed by atoms with Crippen LogP contribution in [0.3, 0.4) is 0 Å². The zero-order chi connectivity index (χ0) is 81.4. The van der Waals surface area contributed by atoms with Gasteiger partial charge in [-0.3, -0.25) is 14.4 Å². The summed E-state index contributed by atoms with van der Waals surface area (Å²) in [5.74, 6) is 1.30. The van der Waals surface area contributed by atoms with Crippen LogP contribution >= 0.6 is 15.9 Å². The van der Waals surface area contributed by atoms with Crippen molar-refractivity contribution in [1.29, 1.82) is 15.8 Å². The highest BCUT2D eigenvalue weighted by Crippen LogP contribution is 2.50. The van der Waals surface area contributed by atoms with Crippen molar-refractivity contribution in [2.45, 2.75) is 174 Å². The Morgan fingerprint density at radius 1 is 0.474 bits per heavy atom. The van der Waals surface area contributed by atoms with Gasteiger partial charge in [-0.15, -0.1) is 0 Å². The molecule has 1 fully saturated rings. The van der Waals surface area contributed by atoms with Crippen LogP contribution in [-0.2, 0) is 52.4 Å². The second-order valence-corrected chi connectivity index (χ2v) is 31.8. The molecule has 114 heavy (non-hydrogen) atoms. The van der Waals surface area contributed by atoms with Crippen LogP contribution in [0, 0.1) is 93.0 Å². The van der Waals surface area contributed by atoms with Crippen molar-refractivity contribution >= 4 is 46.4 Å². The molecular weight excluding hydrogens is 1520 g/mol. The van der Waals surface area contributed by atoms with E-state index in [0.29, 0.717) is 121 Å². The molecule has 0 radical (unpaired) electrons. The van der Waals surface area contributed by atoms with Crippen molar-refractivity contribution in [3.05, 3.63) is 249 Å². The number of carboxylic acid groups (broad SMARTS) is 1. The first-order valence-electron chi connectivity index (χ1n) is 38.1. The van der Waals surface area contributed by atoms with Gasteiger partial charge in [0.15, 0.2) is 0 Å². The van der Waals surface area contributed by atoms with E-state index in [1.807, 2.05) is 160 Å². The van der Waals surface area contributed by atoms with E-state index < -0.39 is 42.6 Å². The van der Waals surface area contributed by atoms with Crippen LogP contribution in [0.25, 0.3) is 22.3 Å². The highest BCUT2D eigenvalue weighted by Gasteiger charge is 2.53. The molecule has 0 amide bonds. The number of rotatable bonds is 15. The van der Waals surface area contributed by atoms with Gasteiger partial charge in [-0.2, -0.15) is 15.8 Å². The van der Waals surface area contributed by atoms with E-state index >= 15 is 13.2 Å². The van der Waals surface area contributed by atoms with Crippen LogP contribution in [0.4, 0.5) is 13.2 Å². The predicted octanol–water partition coefficient (Wildman–Crippen LogP) is 19.3. The van der Waals surface area contributed by atoms with Crippen LogP contribution in [-0.4, -0.2) is 75.4 Å². The summed E-state index contributed by atoms with van der Waals surface area (Å²) >= 11 is 3.43. The largest absolute Gasteiger partial charge is 0.495 e. The minimum absolute atomic E-state index is 0.0192. The molecule has 22 heteroatoms. The lowest BCUT2D eigenvalue weighted by atomic mass is 9.75. The molecule has 0 saturated carbocycles. The smallest absolute Gasteiger partial charge is 0.492 e. The molecule has 6 atom stereocenters. The molecule has 4 aliphatic heterocycles. The summed E-state index contributed by atoms with van der Waals surface area (Å²) in [5, 5.41) is 36.3. The van der Waals surface area contributed by atoms with Crippen molar-refractivity contribution in [2.24, 2.45) is 0 Å². The number of nitriles is 3. The third kappa shape index (κ3) is 16.7. The summed E-state index contributed by atoms with van der Waals surface area (Å²) in [6.45, 7) is 21.1. The Balaban J connectivity index is 0.000000140. The van der Waals surface area contributed by atoms with Crippen LogP contribution in [0.1, 0.15) is 202 Å². The molecule has 0 spiro atoms. The summed E-state index contributed by atoms with van der Waals surface area (Å²) < 4.78 is 104. The average Bonchev–Trinajstić information content (AvgIpc) is 1.57. The van der Waals surface area contributed by atoms with Crippen LogP contribution in [0.15, 0.2) is 132 Å². The molecule has 0 unspecified atom stereocenters. The van der Waals surface area contributed by atoms with Crippen molar-refractivity contribution < 1.29 is 79.9 Å². The lowest BCUT2D eigenvalue weighted by Crippen LogP contribution is -2.41. The fraction of sp³-hybridized carbons (Fsp3) is 0.348. The van der Waals surface area contributed by atoms with Crippen molar-refractivity contribution in [3.63, 3.8) is 0 Å². The van der Waals surface area contributed by atoms with Gasteiger partial charge in [-0.1, -0.05) is 52.3 Å². The number of fused-ring (bicyclic) bond motifs is 6. The number of carboxylic acids is 1. The SMILES string of the molecule is COC(=O)C[C@@H]1COc2cc(O[C@@H]3CCc4c(-c5c(C)cc(C#N)cc5C)ccc(F)c43)ccc21.COC(=O)C[C@@H]1COc2cc(O[C@@H]3CCc4c(B5OC(C)(C)C(C)(C)O5)ccc(F)c43)ccc21.Cc1cc(C#N)cc(C)c1-c1ccc(F)c2c1CC[C@H]2Oc1ccc2c(c1)OC[C@H]2CC(=O)O.Cc1cc(C#N)cc(C)c1Br. The number of benzene rings is 9. The maximum atomic E-state index is 15.1.